The highest BCUT2D eigenvalue weighted by Gasteiger charge is 2.44. The van der Waals surface area contributed by atoms with Crippen LogP contribution in [0, 0.1) is 10.1 Å². The minimum atomic E-state index is -1.05. The highest BCUT2D eigenvalue weighted by atomic mass is 35.5. The molecule has 11 heteroatoms. The van der Waals surface area contributed by atoms with Crippen LogP contribution in [0.15, 0.2) is 48.0 Å². The zero-order valence-electron chi connectivity index (χ0n) is 19.0. The number of amides is 1. The lowest BCUT2D eigenvalue weighted by Gasteiger charge is -2.30. The zero-order chi connectivity index (χ0) is 25.1. The molecule has 0 saturated carbocycles. The summed E-state index contributed by atoms with van der Waals surface area (Å²) in [5.41, 5.74) is -0.0255. The van der Waals surface area contributed by atoms with E-state index in [-0.39, 0.29) is 28.4 Å². The normalized spacial score (nSPS) is 20.3. The van der Waals surface area contributed by atoms with E-state index in [1.165, 1.54) is 53.3 Å². The lowest BCUT2D eigenvalue weighted by molar-refractivity contribution is -0.907. The van der Waals surface area contributed by atoms with E-state index in [1.807, 2.05) is 0 Å². The Kier molecular flexibility index (Phi) is 7.34. The molecule has 0 bridgehead atoms. The molecule has 2 aliphatic heterocycles. The molecule has 1 amide bonds. The monoisotopic (exact) mass is 501 g/mol. The third-order valence-electron chi connectivity index (χ3n) is 6.25. The van der Waals surface area contributed by atoms with Crippen molar-refractivity contribution in [1.82, 2.24) is 4.90 Å². The average molecular weight is 502 g/mol. The number of hydrogen-bond donors (Lipinski definition) is 1. The first-order valence-corrected chi connectivity index (χ1v) is 11.5. The standard InChI is InChI=1S/C24H24ClN3O7/c1-34-19-6-5-16(14-18(19)25)22(29)20-21(15-3-2-4-17(13-15)28(32)33)27(24(31)23(20)30)8-7-26-9-11-35-12-10-26/h2-6,13-14,21,29H,7-12H2,1H3/b22-20+. The number of methoxy groups -OCH3 is 1. The largest absolute Gasteiger partial charge is 0.872 e. The number of halogens is 1. The molecule has 2 heterocycles. The Bertz CT molecular complexity index is 1190. The van der Waals surface area contributed by atoms with Crippen molar-refractivity contribution in [2.45, 2.75) is 6.04 Å². The first-order valence-electron chi connectivity index (χ1n) is 11.1. The number of nitrogens with zero attached hydrogens (tertiary/aromatic N) is 2. The van der Waals surface area contributed by atoms with Crippen LogP contribution in [0.25, 0.3) is 5.76 Å². The van der Waals surface area contributed by atoms with Crippen LogP contribution in [0.5, 0.6) is 5.75 Å². The smallest absolute Gasteiger partial charge is 0.295 e. The van der Waals surface area contributed by atoms with Crippen molar-refractivity contribution in [1.29, 1.82) is 0 Å². The number of carbonyl (C=O) groups is 2. The molecule has 184 valence electrons. The van der Waals surface area contributed by atoms with E-state index in [4.69, 9.17) is 21.1 Å². The molecule has 2 aliphatic rings. The average Bonchev–Trinajstić information content (AvgIpc) is 3.12. The number of rotatable bonds is 7. The number of non-ortho nitro benzene ring substituents is 1. The van der Waals surface area contributed by atoms with E-state index in [0.29, 0.717) is 31.1 Å². The maximum atomic E-state index is 13.5. The van der Waals surface area contributed by atoms with E-state index >= 15 is 0 Å². The number of ketones is 1. The van der Waals surface area contributed by atoms with Gasteiger partial charge in [-0.1, -0.05) is 35.6 Å². The van der Waals surface area contributed by atoms with Gasteiger partial charge < -0.3 is 24.4 Å². The quantitative estimate of drug-likeness (QED) is 0.191. The van der Waals surface area contributed by atoms with Gasteiger partial charge in [-0.05, 0) is 23.3 Å². The number of benzene rings is 2. The Hall–Kier alpha value is -3.47. The summed E-state index contributed by atoms with van der Waals surface area (Å²) >= 11 is 6.18. The summed E-state index contributed by atoms with van der Waals surface area (Å²) < 4.78 is 10.5. The summed E-state index contributed by atoms with van der Waals surface area (Å²) in [5.74, 6) is -2.04. The van der Waals surface area contributed by atoms with Crippen LogP contribution in [0.1, 0.15) is 17.2 Å². The molecule has 1 atom stereocenters. The Labute approximate surface area is 206 Å². The van der Waals surface area contributed by atoms with Crippen molar-refractivity contribution < 1.29 is 34.0 Å². The second-order valence-corrected chi connectivity index (χ2v) is 8.69. The molecule has 2 aromatic rings. The van der Waals surface area contributed by atoms with Gasteiger partial charge in [0.1, 0.15) is 18.8 Å². The summed E-state index contributed by atoms with van der Waals surface area (Å²) in [7, 11) is 1.43. The predicted octanol–water partition coefficient (Wildman–Crippen LogP) is 0.396. The number of nitro groups is 1. The summed E-state index contributed by atoms with van der Waals surface area (Å²) in [5, 5.41) is 25.1. The van der Waals surface area contributed by atoms with Crippen LogP contribution in [0.3, 0.4) is 0 Å². The van der Waals surface area contributed by atoms with Crippen molar-refractivity contribution in [3.05, 3.63) is 74.3 Å². The fraction of sp³-hybridized carbons (Fsp3) is 0.333. The fourth-order valence-corrected chi connectivity index (χ4v) is 4.67. The van der Waals surface area contributed by atoms with Gasteiger partial charge in [0.2, 0.25) is 5.78 Å². The number of nitro benzene ring substituents is 1. The summed E-state index contributed by atoms with van der Waals surface area (Å²) in [4.78, 5) is 39.6. The Morgan fingerprint density at radius 1 is 1.23 bits per heavy atom. The SMILES string of the molecule is COc1ccc(/C([O-])=C2\C(=O)C(=O)N(CC[NH+]3CCOCC3)C2c2cccc([N+](=O)[O-])c2)cc1Cl. The van der Waals surface area contributed by atoms with Crippen LogP contribution in [0.2, 0.25) is 5.02 Å². The third kappa shape index (κ3) is 5.00. The number of nitrogens with one attached hydrogen (secondary N) is 1. The van der Waals surface area contributed by atoms with Crippen LogP contribution in [-0.4, -0.2) is 68.0 Å². The molecule has 0 radical (unpaired) electrons. The molecule has 35 heavy (non-hydrogen) atoms. The van der Waals surface area contributed by atoms with Gasteiger partial charge in [0, 0.05) is 17.7 Å². The molecule has 10 nitrogen and oxygen atoms in total. The summed E-state index contributed by atoms with van der Waals surface area (Å²) in [6.07, 6.45) is 0. The minimum Gasteiger partial charge on any atom is -0.872 e. The van der Waals surface area contributed by atoms with Gasteiger partial charge in [-0.25, -0.2) is 0 Å². The number of hydrogen-bond acceptors (Lipinski definition) is 7. The molecule has 1 N–H and O–H groups in total. The molecule has 0 aliphatic carbocycles. The molecule has 1 unspecified atom stereocenters. The minimum absolute atomic E-state index is 0.114. The van der Waals surface area contributed by atoms with Crippen molar-refractivity contribution >= 4 is 34.7 Å². The second kappa shape index (κ2) is 10.4. The first-order chi connectivity index (χ1) is 16.8. The zero-order valence-corrected chi connectivity index (χ0v) is 19.7. The van der Waals surface area contributed by atoms with Gasteiger partial charge in [0.15, 0.2) is 0 Å². The third-order valence-corrected chi connectivity index (χ3v) is 6.54. The predicted molar refractivity (Wildman–Crippen MR) is 124 cm³/mol. The Morgan fingerprint density at radius 2 is 1.97 bits per heavy atom. The summed E-state index contributed by atoms with van der Waals surface area (Å²) in [6, 6.07) is 8.93. The van der Waals surface area contributed by atoms with Crippen molar-refractivity contribution in [2.75, 3.05) is 46.5 Å². The van der Waals surface area contributed by atoms with Crippen LogP contribution >= 0.6 is 11.6 Å². The second-order valence-electron chi connectivity index (χ2n) is 8.29. The van der Waals surface area contributed by atoms with E-state index in [0.717, 1.165) is 13.1 Å². The Morgan fingerprint density at radius 3 is 2.63 bits per heavy atom. The molecule has 2 aromatic carbocycles. The molecular weight excluding hydrogens is 478 g/mol. The number of likely N-dealkylation sites (tertiary alicyclic amines) is 1. The number of Topliss-reactive ketones (excluding diaryl/α,β-unsaturated/α-hetero) is 1. The van der Waals surface area contributed by atoms with E-state index in [1.54, 1.807) is 6.07 Å². The van der Waals surface area contributed by atoms with Gasteiger partial charge >= 0.3 is 0 Å². The van der Waals surface area contributed by atoms with Crippen LogP contribution < -0.4 is 14.7 Å². The van der Waals surface area contributed by atoms with Gasteiger partial charge in [0.05, 0.1) is 49.4 Å². The van der Waals surface area contributed by atoms with E-state index in [2.05, 4.69) is 0 Å². The van der Waals surface area contributed by atoms with Gasteiger partial charge in [-0.3, -0.25) is 19.7 Å². The molecular formula is C24H24ClN3O7. The van der Waals surface area contributed by atoms with Crippen molar-refractivity contribution in [3.63, 3.8) is 0 Å². The van der Waals surface area contributed by atoms with Crippen LogP contribution in [-0.2, 0) is 14.3 Å². The lowest BCUT2D eigenvalue weighted by Crippen LogP contribution is -3.14. The molecule has 2 saturated heterocycles. The molecule has 0 spiro atoms. The van der Waals surface area contributed by atoms with Crippen molar-refractivity contribution in [3.8, 4) is 5.75 Å². The fourth-order valence-electron chi connectivity index (χ4n) is 4.41. The number of carbonyl (C=O) groups excluding carboxylic acids is 2. The van der Waals surface area contributed by atoms with E-state index < -0.39 is 28.4 Å². The van der Waals surface area contributed by atoms with Gasteiger partial charge in [0.25, 0.3) is 11.6 Å². The van der Waals surface area contributed by atoms with Crippen molar-refractivity contribution in [2.24, 2.45) is 0 Å². The molecule has 0 aromatic heterocycles. The number of morpholine rings is 1. The van der Waals surface area contributed by atoms with Gasteiger partial charge in [-0.15, -0.1) is 0 Å². The maximum absolute atomic E-state index is 13.5. The Balaban J connectivity index is 1.78. The number of ether oxygens (including phenoxy) is 2. The van der Waals surface area contributed by atoms with E-state index in [9.17, 15) is 24.8 Å². The number of quaternary nitrogens is 1. The lowest BCUT2D eigenvalue weighted by atomic mass is 9.95. The maximum Gasteiger partial charge on any atom is 0.295 e. The first kappa shape index (κ1) is 24.6. The summed E-state index contributed by atoms with van der Waals surface area (Å²) in [6.45, 7) is 3.47. The molecule has 4 rings (SSSR count). The van der Waals surface area contributed by atoms with Gasteiger partial charge in [-0.2, -0.15) is 0 Å². The topological polar surface area (TPSA) is 126 Å². The molecule has 2 fully saturated rings. The highest BCUT2D eigenvalue weighted by molar-refractivity contribution is 6.46. The highest BCUT2D eigenvalue weighted by Crippen LogP contribution is 2.40. The van der Waals surface area contributed by atoms with Crippen LogP contribution in [0.4, 0.5) is 5.69 Å².